The van der Waals surface area contributed by atoms with Gasteiger partial charge in [0.2, 0.25) is 0 Å². The molecule has 0 aromatic heterocycles. The summed E-state index contributed by atoms with van der Waals surface area (Å²) in [5.74, 6) is 0. The fourth-order valence-corrected chi connectivity index (χ4v) is 5.17. The van der Waals surface area contributed by atoms with Crippen LogP contribution in [0.3, 0.4) is 0 Å². The zero-order valence-electron chi connectivity index (χ0n) is 10.6. The third-order valence-corrected chi connectivity index (χ3v) is 5.73. The van der Waals surface area contributed by atoms with Gasteiger partial charge in [-0.05, 0) is 32.1 Å². The van der Waals surface area contributed by atoms with Crippen LogP contribution in [0.15, 0.2) is 0 Å². The van der Waals surface area contributed by atoms with Gasteiger partial charge >= 0.3 is 0 Å². The van der Waals surface area contributed by atoms with E-state index in [0.29, 0.717) is 0 Å². The van der Waals surface area contributed by atoms with Gasteiger partial charge in [-0.3, -0.25) is 0 Å². The Morgan fingerprint density at radius 3 is 2.31 bits per heavy atom. The molecule has 1 N–H and O–H groups in total. The number of hydrogen-bond donors (Lipinski definition) is 1. The molecule has 1 nitrogen and oxygen atoms in total. The zero-order valence-corrected chi connectivity index (χ0v) is 11.4. The Kier molecular flexibility index (Phi) is 4.60. The molecule has 0 spiro atoms. The Hall–Kier alpha value is 0.310. The number of thioether (sulfide) groups is 1. The van der Waals surface area contributed by atoms with Crippen LogP contribution in [0.2, 0.25) is 0 Å². The van der Waals surface area contributed by atoms with Gasteiger partial charge in [-0.1, -0.05) is 39.0 Å². The van der Waals surface area contributed by atoms with Crippen molar-refractivity contribution < 1.29 is 5.11 Å². The van der Waals surface area contributed by atoms with E-state index in [1.807, 2.05) is 0 Å². The largest absolute Gasteiger partial charge is 0.390 e. The smallest absolute Gasteiger partial charge is 0.0668 e. The third-order valence-electron chi connectivity index (χ3n) is 4.16. The van der Waals surface area contributed by atoms with E-state index >= 15 is 0 Å². The summed E-state index contributed by atoms with van der Waals surface area (Å²) in [5, 5.41) is 12.1. The molecule has 0 amide bonds. The molecule has 0 aromatic rings. The van der Waals surface area contributed by atoms with Crippen molar-refractivity contribution in [1.82, 2.24) is 0 Å². The Morgan fingerprint density at radius 1 is 1.06 bits per heavy atom. The first kappa shape index (κ1) is 12.8. The predicted octanol–water partition coefficient (Wildman–Crippen LogP) is 4.14. The third kappa shape index (κ3) is 3.40. The summed E-state index contributed by atoms with van der Waals surface area (Å²) in [5.41, 5.74) is -0.288. The first-order valence-corrected chi connectivity index (χ1v) is 8.04. The molecule has 2 saturated heterocycles. The van der Waals surface area contributed by atoms with Gasteiger partial charge in [-0.15, -0.1) is 0 Å². The molecule has 2 bridgehead atoms. The lowest BCUT2D eigenvalue weighted by Crippen LogP contribution is -2.37. The van der Waals surface area contributed by atoms with Crippen molar-refractivity contribution in [2.24, 2.45) is 0 Å². The van der Waals surface area contributed by atoms with Crippen molar-refractivity contribution in [3.05, 3.63) is 0 Å². The normalized spacial score (nSPS) is 37.9. The second-order valence-electron chi connectivity index (χ2n) is 5.75. The van der Waals surface area contributed by atoms with Crippen molar-refractivity contribution in [3.8, 4) is 0 Å². The van der Waals surface area contributed by atoms with Crippen molar-refractivity contribution in [2.75, 3.05) is 0 Å². The van der Waals surface area contributed by atoms with E-state index in [0.717, 1.165) is 29.8 Å². The van der Waals surface area contributed by atoms with Gasteiger partial charge in [0.25, 0.3) is 0 Å². The Labute approximate surface area is 104 Å². The molecule has 16 heavy (non-hydrogen) atoms. The van der Waals surface area contributed by atoms with E-state index in [4.69, 9.17) is 0 Å². The Morgan fingerprint density at radius 2 is 1.69 bits per heavy atom. The molecule has 2 rings (SSSR count). The first-order valence-electron chi connectivity index (χ1n) is 7.10. The van der Waals surface area contributed by atoms with Crippen LogP contribution in [0.5, 0.6) is 0 Å². The molecule has 94 valence electrons. The molecule has 2 aliphatic heterocycles. The van der Waals surface area contributed by atoms with Crippen LogP contribution >= 0.6 is 11.8 Å². The highest BCUT2D eigenvalue weighted by Crippen LogP contribution is 2.48. The van der Waals surface area contributed by atoms with Gasteiger partial charge in [0.15, 0.2) is 0 Å². The van der Waals surface area contributed by atoms with Gasteiger partial charge in [-0.2, -0.15) is 11.8 Å². The van der Waals surface area contributed by atoms with Crippen molar-refractivity contribution in [3.63, 3.8) is 0 Å². The fourth-order valence-electron chi connectivity index (χ4n) is 3.27. The number of rotatable bonds is 6. The van der Waals surface area contributed by atoms with E-state index < -0.39 is 0 Å². The highest BCUT2D eigenvalue weighted by molar-refractivity contribution is 8.00. The van der Waals surface area contributed by atoms with E-state index in [-0.39, 0.29) is 5.60 Å². The van der Waals surface area contributed by atoms with Gasteiger partial charge in [-0.25, -0.2) is 0 Å². The zero-order chi connectivity index (χ0) is 11.4. The second-order valence-corrected chi connectivity index (χ2v) is 7.36. The summed E-state index contributed by atoms with van der Waals surface area (Å²) in [7, 11) is 0. The summed E-state index contributed by atoms with van der Waals surface area (Å²) in [6.07, 6.45) is 12.5. The van der Waals surface area contributed by atoms with Crippen molar-refractivity contribution >= 4 is 11.8 Å². The van der Waals surface area contributed by atoms with Crippen LogP contribution in [0.25, 0.3) is 0 Å². The lowest BCUT2D eigenvalue weighted by molar-refractivity contribution is 0.0130. The number of hydrogen-bond acceptors (Lipinski definition) is 2. The van der Waals surface area contributed by atoms with Crippen LogP contribution in [0.4, 0.5) is 0 Å². The monoisotopic (exact) mass is 242 g/mol. The highest BCUT2D eigenvalue weighted by Gasteiger charge is 2.42. The van der Waals surface area contributed by atoms with Gasteiger partial charge in [0, 0.05) is 10.5 Å². The standard InChI is InChI=1S/C14H26OS/c1-2-3-4-5-6-9-14(15)10-12-7-8-13(11-14)16-12/h12-13,15H,2-11H2,1H3. The van der Waals surface area contributed by atoms with E-state index in [2.05, 4.69) is 18.7 Å². The SMILES string of the molecule is CCCCCCCC1(O)CC2CCC(C1)S2. The highest BCUT2D eigenvalue weighted by atomic mass is 32.2. The molecule has 2 atom stereocenters. The fraction of sp³-hybridized carbons (Fsp3) is 1.00. The van der Waals surface area contributed by atoms with Gasteiger partial charge in [0.05, 0.1) is 5.60 Å². The summed E-state index contributed by atoms with van der Waals surface area (Å²) in [6.45, 7) is 2.25. The molecule has 0 aliphatic carbocycles. The quantitative estimate of drug-likeness (QED) is 0.707. The van der Waals surface area contributed by atoms with Crippen molar-refractivity contribution in [1.29, 1.82) is 0 Å². The van der Waals surface area contributed by atoms with Crippen LogP contribution in [0, 0.1) is 0 Å². The maximum Gasteiger partial charge on any atom is 0.0668 e. The number of unbranched alkanes of at least 4 members (excludes halogenated alkanes) is 4. The lowest BCUT2D eigenvalue weighted by Gasteiger charge is -2.36. The second kappa shape index (κ2) is 5.77. The molecular weight excluding hydrogens is 216 g/mol. The summed E-state index contributed by atoms with van der Waals surface area (Å²) in [6, 6.07) is 0. The molecule has 0 radical (unpaired) electrons. The minimum atomic E-state index is -0.288. The van der Waals surface area contributed by atoms with Crippen LogP contribution in [0.1, 0.15) is 71.1 Å². The van der Waals surface area contributed by atoms with E-state index in [1.165, 1.54) is 44.9 Å². The van der Waals surface area contributed by atoms with E-state index in [1.54, 1.807) is 0 Å². The predicted molar refractivity (Wildman–Crippen MR) is 72.0 cm³/mol. The average molecular weight is 242 g/mol. The summed E-state index contributed by atoms with van der Waals surface area (Å²) >= 11 is 2.14. The minimum absolute atomic E-state index is 0.288. The molecule has 2 fully saturated rings. The molecule has 0 saturated carbocycles. The summed E-state index contributed by atoms with van der Waals surface area (Å²) in [4.78, 5) is 0. The minimum Gasteiger partial charge on any atom is -0.390 e. The summed E-state index contributed by atoms with van der Waals surface area (Å²) < 4.78 is 0. The maximum absolute atomic E-state index is 10.6. The van der Waals surface area contributed by atoms with E-state index in [9.17, 15) is 5.11 Å². The van der Waals surface area contributed by atoms with Crippen LogP contribution in [-0.4, -0.2) is 21.2 Å². The molecule has 0 aromatic carbocycles. The molecule has 2 heteroatoms. The average Bonchev–Trinajstić information content (AvgIpc) is 2.58. The Balaban J connectivity index is 1.67. The molecular formula is C14H26OS. The van der Waals surface area contributed by atoms with Gasteiger partial charge < -0.3 is 5.11 Å². The Bertz CT molecular complexity index is 205. The molecule has 2 heterocycles. The van der Waals surface area contributed by atoms with Gasteiger partial charge in [0.1, 0.15) is 0 Å². The first-order chi connectivity index (χ1) is 7.72. The topological polar surface area (TPSA) is 20.2 Å². The maximum atomic E-state index is 10.6. The number of aliphatic hydroxyl groups is 1. The molecule has 2 aliphatic rings. The molecule has 2 unspecified atom stereocenters. The van der Waals surface area contributed by atoms with Crippen molar-refractivity contribution in [2.45, 2.75) is 87.2 Å². The lowest BCUT2D eigenvalue weighted by atomic mass is 9.88. The number of fused-ring (bicyclic) bond motifs is 2. The van der Waals surface area contributed by atoms with Crippen LogP contribution in [-0.2, 0) is 0 Å². The van der Waals surface area contributed by atoms with Crippen LogP contribution < -0.4 is 0 Å².